The van der Waals surface area contributed by atoms with Gasteiger partial charge in [-0.3, -0.25) is 4.57 Å². The molecule has 0 unspecified atom stereocenters. The average molecular weight is 219 g/mol. The SMILES string of the molecule is CC(C)(C)OC(=O)n1ccc2nnccc21. The molecule has 84 valence electrons. The van der Waals surface area contributed by atoms with Crippen LogP contribution in [0.2, 0.25) is 0 Å². The van der Waals surface area contributed by atoms with Gasteiger partial charge in [0, 0.05) is 6.20 Å². The normalized spacial score (nSPS) is 11.7. The molecule has 16 heavy (non-hydrogen) atoms. The highest BCUT2D eigenvalue weighted by Gasteiger charge is 2.18. The van der Waals surface area contributed by atoms with Gasteiger partial charge in [-0.2, -0.15) is 5.10 Å². The highest BCUT2D eigenvalue weighted by molar-refractivity contribution is 5.86. The van der Waals surface area contributed by atoms with E-state index in [-0.39, 0.29) is 0 Å². The third-order valence-corrected chi connectivity index (χ3v) is 1.96. The number of fused-ring (bicyclic) bond motifs is 1. The zero-order valence-corrected chi connectivity index (χ0v) is 9.47. The summed E-state index contributed by atoms with van der Waals surface area (Å²) in [5, 5.41) is 7.65. The van der Waals surface area contributed by atoms with E-state index < -0.39 is 11.7 Å². The maximum Gasteiger partial charge on any atom is 0.419 e. The Balaban J connectivity index is 2.37. The van der Waals surface area contributed by atoms with Crippen LogP contribution in [0.25, 0.3) is 11.0 Å². The van der Waals surface area contributed by atoms with Crippen LogP contribution < -0.4 is 0 Å². The fourth-order valence-corrected chi connectivity index (χ4v) is 1.35. The molecule has 0 saturated carbocycles. The molecule has 2 aromatic heterocycles. The van der Waals surface area contributed by atoms with Crippen molar-refractivity contribution >= 4 is 17.1 Å². The molecule has 2 rings (SSSR count). The highest BCUT2D eigenvalue weighted by atomic mass is 16.6. The van der Waals surface area contributed by atoms with Gasteiger partial charge in [-0.25, -0.2) is 4.79 Å². The lowest BCUT2D eigenvalue weighted by atomic mass is 10.2. The van der Waals surface area contributed by atoms with Gasteiger partial charge in [-0.1, -0.05) is 0 Å². The second kappa shape index (κ2) is 3.59. The molecule has 0 atom stereocenters. The predicted octanol–water partition coefficient (Wildman–Crippen LogP) is 2.21. The summed E-state index contributed by atoms with van der Waals surface area (Å²) in [7, 11) is 0. The van der Waals surface area contributed by atoms with Crippen LogP contribution in [-0.4, -0.2) is 26.5 Å². The third-order valence-electron chi connectivity index (χ3n) is 1.96. The van der Waals surface area contributed by atoms with Crippen molar-refractivity contribution in [3.05, 3.63) is 24.5 Å². The topological polar surface area (TPSA) is 57.0 Å². The van der Waals surface area contributed by atoms with Crippen molar-refractivity contribution in [3.8, 4) is 0 Å². The molecular formula is C11H13N3O2. The maximum atomic E-state index is 11.8. The molecule has 0 N–H and O–H groups in total. The van der Waals surface area contributed by atoms with E-state index in [4.69, 9.17) is 4.74 Å². The standard InChI is InChI=1S/C11H13N3O2/c1-11(2,3)16-10(15)14-7-5-8-9(14)4-6-12-13-8/h4-7H,1-3H3. The van der Waals surface area contributed by atoms with Gasteiger partial charge in [0.2, 0.25) is 0 Å². The van der Waals surface area contributed by atoms with Crippen LogP contribution in [0, 0.1) is 0 Å². The van der Waals surface area contributed by atoms with Gasteiger partial charge in [-0.15, -0.1) is 5.10 Å². The van der Waals surface area contributed by atoms with Crippen molar-refractivity contribution in [1.82, 2.24) is 14.8 Å². The molecular weight excluding hydrogens is 206 g/mol. The first kappa shape index (κ1) is 10.6. The number of carbonyl (C=O) groups is 1. The number of carbonyl (C=O) groups excluding carboxylic acids is 1. The van der Waals surface area contributed by atoms with E-state index in [1.54, 1.807) is 24.5 Å². The Labute approximate surface area is 93.0 Å². The Hall–Kier alpha value is -1.91. The summed E-state index contributed by atoms with van der Waals surface area (Å²) in [6, 6.07) is 3.46. The average Bonchev–Trinajstić information content (AvgIpc) is 2.58. The molecule has 0 amide bonds. The van der Waals surface area contributed by atoms with Crippen molar-refractivity contribution in [3.63, 3.8) is 0 Å². The largest absolute Gasteiger partial charge is 0.443 e. The van der Waals surface area contributed by atoms with E-state index in [0.717, 1.165) is 0 Å². The summed E-state index contributed by atoms with van der Waals surface area (Å²) in [5.74, 6) is 0. The van der Waals surface area contributed by atoms with E-state index in [0.29, 0.717) is 11.0 Å². The molecule has 0 radical (unpaired) electrons. The summed E-state index contributed by atoms with van der Waals surface area (Å²) in [6.45, 7) is 5.49. The summed E-state index contributed by atoms with van der Waals surface area (Å²) in [4.78, 5) is 11.8. The minimum Gasteiger partial charge on any atom is -0.443 e. The Morgan fingerprint density at radius 1 is 1.38 bits per heavy atom. The molecule has 0 aromatic carbocycles. The number of aromatic nitrogens is 3. The van der Waals surface area contributed by atoms with Crippen LogP contribution in [0.3, 0.4) is 0 Å². The fourth-order valence-electron chi connectivity index (χ4n) is 1.35. The molecule has 2 heterocycles. The molecule has 0 aliphatic carbocycles. The molecule has 0 aliphatic rings. The van der Waals surface area contributed by atoms with Gasteiger partial charge in [0.1, 0.15) is 11.1 Å². The third kappa shape index (κ3) is 2.03. The van der Waals surface area contributed by atoms with E-state index in [9.17, 15) is 4.79 Å². The fraction of sp³-hybridized carbons (Fsp3) is 0.364. The first-order chi connectivity index (χ1) is 7.47. The molecule has 0 fully saturated rings. The molecule has 0 aliphatic heterocycles. The molecule has 2 aromatic rings. The maximum absolute atomic E-state index is 11.8. The monoisotopic (exact) mass is 219 g/mol. The number of nitrogens with zero attached hydrogens (tertiary/aromatic N) is 3. The van der Waals surface area contributed by atoms with Crippen molar-refractivity contribution in [2.45, 2.75) is 26.4 Å². The molecule has 0 saturated heterocycles. The molecule has 5 heteroatoms. The summed E-state index contributed by atoms with van der Waals surface area (Å²) >= 11 is 0. The van der Waals surface area contributed by atoms with Gasteiger partial charge in [0.15, 0.2) is 0 Å². The van der Waals surface area contributed by atoms with Crippen molar-refractivity contribution in [1.29, 1.82) is 0 Å². The summed E-state index contributed by atoms with van der Waals surface area (Å²) in [5.41, 5.74) is 0.867. The molecule has 0 spiro atoms. The van der Waals surface area contributed by atoms with Gasteiger partial charge in [0.25, 0.3) is 0 Å². The number of ether oxygens (including phenoxy) is 1. The smallest absolute Gasteiger partial charge is 0.419 e. The van der Waals surface area contributed by atoms with Crippen LogP contribution in [0.15, 0.2) is 24.5 Å². The van der Waals surface area contributed by atoms with Gasteiger partial charge in [0.05, 0.1) is 11.7 Å². The molecule has 5 nitrogen and oxygen atoms in total. The lowest BCUT2D eigenvalue weighted by Crippen LogP contribution is -2.26. The van der Waals surface area contributed by atoms with Gasteiger partial charge in [-0.05, 0) is 32.9 Å². The van der Waals surface area contributed by atoms with E-state index >= 15 is 0 Å². The Kier molecular flexibility index (Phi) is 2.38. The number of hydrogen-bond acceptors (Lipinski definition) is 4. The highest BCUT2D eigenvalue weighted by Crippen LogP contribution is 2.15. The quantitative estimate of drug-likeness (QED) is 0.681. The number of rotatable bonds is 0. The van der Waals surface area contributed by atoms with Crippen LogP contribution in [-0.2, 0) is 4.74 Å². The Morgan fingerprint density at radius 3 is 2.81 bits per heavy atom. The van der Waals surface area contributed by atoms with Crippen molar-refractivity contribution in [2.24, 2.45) is 0 Å². The summed E-state index contributed by atoms with van der Waals surface area (Å²) in [6.07, 6.45) is 2.77. The van der Waals surface area contributed by atoms with E-state index in [2.05, 4.69) is 10.2 Å². The zero-order chi connectivity index (χ0) is 11.8. The van der Waals surface area contributed by atoms with Crippen LogP contribution in [0.5, 0.6) is 0 Å². The van der Waals surface area contributed by atoms with Crippen LogP contribution in [0.4, 0.5) is 4.79 Å². The first-order valence-electron chi connectivity index (χ1n) is 4.99. The minimum atomic E-state index is -0.506. The first-order valence-corrected chi connectivity index (χ1v) is 4.99. The number of hydrogen-bond donors (Lipinski definition) is 0. The predicted molar refractivity (Wildman–Crippen MR) is 59.2 cm³/mol. The lowest BCUT2D eigenvalue weighted by molar-refractivity contribution is 0.0544. The lowest BCUT2D eigenvalue weighted by Gasteiger charge is -2.19. The zero-order valence-electron chi connectivity index (χ0n) is 9.47. The van der Waals surface area contributed by atoms with E-state index in [1.165, 1.54) is 4.57 Å². The molecule has 0 bridgehead atoms. The summed E-state index contributed by atoms with van der Waals surface area (Å²) < 4.78 is 6.69. The van der Waals surface area contributed by atoms with Crippen molar-refractivity contribution < 1.29 is 9.53 Å². The van der Waals surface area contributed by atoms with Crippen LogP contribution in [0.1, 0.15) is 20.8 Å². The van der Waals surface area contributed by atoms with Gasteiger partial charge >= 0.3 is 6.09 Å². The Morgan fingerprint density at radius 2 is 2.12 bits per heavy atom. The minimum absolute atomic E-state index is 0.407. The second-order valence-electron chi connectivity index (χ2n) is 4.47. The van der Waals surface area contributed by atoms with Gasteiger partial charge < -0.3 is 4.74 Å². The van der Waals surface area contributed by atoms with Crippen molar-refractivity contribution in [2.75, 3.05) is 0 Å². The van der Waals surface area contributed by atoms with Crippen LogP contribution >= 0.6 is 0 Å². The second-order valence-corrected chi connectivity index (χ2v) is 4.47. The van der Waals surface area contributed by atoms with E-state index in [1.807, 2.05) is 20.8 Å². The Bertz CT molecular complexity index is 525.